The lowest BCUT2D eigenvalue weighted by Crippen LogP contribution is -2.13. The van der Waals surface area contributed by atoms with Crippen LogP contribution >= 0.6 is 0 Å². The summed E-state index contributed by atoms with van der Waals surface area (Å²) in [4.78, 5) is 16.5. The Hall–Kier alpha value is -3.45. The van der Waals surface area contributed by atoms with Crippen LogP contribution in [0.4, 0.5) is 11.5 Å². The number of aryl methyl sites for hydroxylation is 1. The lowest BCUT2D eigenvalue weighted by molar-refractivity contribution is 0.102. The van der Waals surface area contributed by atoms with Gasteiger partial charge in [-0.1, -0.05) is 36.4 Å². The van der Waals surface area contributed by atoms with E-state index in [0.29, 0.717) is 17.1 Å². The summed E-state index contributed by atoms with van der Waals surface area (Å²) < 4.78 is 26.8. The molecule has 6 nitrogen and oxygen atoms in total. The van der Waals surface area contributed by atoms with Crippen molar-refractivity contribution >= 4 is 33.5 Å². The van der Waals surface area contributed by atoms with E-state index in [2.05, 4.69) is 15.0 Å². The molecule has 7 heteroatoms. The predicted molar refractivity (Wildman–Crippen MR) is 111 cm³/mol. The minimum atomic E-state index is -3.66. The molecule has 0 aliphatic heterocycles. The van der Waals surface area contributed by atoms with E-state index < -0.39 is 10.0 Å². The fraction of sp³-hybridized carbons (Fsp3) is 0.0476. The molecule has 0 saturated carbocycles. The van der Waals surface area contributed by atoms with E-state index in [-0.39, 0.29) is 5.91 Å². The van der Waals surface area contributed by atoms with E-state index in [0.717, 1.165) is 16.7 Å². The third-order valence-corrected chi connectivity index (χ3v) is 4.79. The van der Waals surface area contributed by atoms with Crippen LogP contribution in [0.2, 0.25) is 0 Å². The molecule has 0 aliphatic carbocycles. The molecule has 142 valence electrons. The number of aromatic nitrogens is 1. The van der Waals surface area contributed by atoms with Gasteiger partial charge in [0.25, 0.3) is 15.9 Å². The van der Waals surface area contributed by atoms with E-state index in [1.807, 2.05) is 43.3 Å². The SMILES string of the molecule is Cc1cccc(NC(=O)c2ccc(NS(=O)(=O)/C=C/c3ccccc3)cc2)n1. The van der Waals surface area contributed by atoms with E-state index in [1.165, 1.54) is 18.2 Å². The number of carbonyl (C=O) groups is 1. The van der Waals surface area contributed by atoms with Gasteiger partial charge in [0, 0.05) is 16.9 Å². The van der Waals surface area contributed by atoms with Crippen molar-refractivity contribution in [2.45, 2.75) is 6.92 Å². The van der Waals surface area contributed by atoms with Crippen molar-refractivity contribution in [3.8, 4) is 0 Å². The Morgan fingerprint density at radius 2 is 1.64 bits per heavy atom. The molecule has 3 rings (SSSR count). The second-order valence-corrected chi connectivity index (χ2v) is 7.62. The summed E-state index contributed by atoms with van der Waals surface area (Å²) >= 11 is 0. The molecule has 3 aromatic rings. The minimum Gasteiger partial charge on any atom is -0.307 e. The molecule has 28 heavy (non-hydrogen) atoms. The van der Waals surface area contributed by atoms with Gasteiger partial charge in [0.05, 0.1) is 5.41 Å². The highest BCUT2D eigenvalue weighted by Crippen LogP contribution is 2.14. The fourth-order valence-corrected chi connectivity index (χ4v) is 3.29. The molecule has 1 heterocycles. The number of anilines is 2. The molecule has 0 unspecified atom stereocenters. The van der Waals surface area contributed by atoms with Crippen LogP contribution < -0.4 is 10.0 Å². The number of carbonyl (C=O) groups excluding carboxylic acids is 1. The highest BCUT2D eigenvalue weighted by molar-refractivity contribution is 7.95. The topological polar surface area (TPSA) is 88.2 Å². The van der Waals surface area contributed by atoms with Crippen LogP contribution in [0, 0.1) is 6.92 Å². The summed E-state index contributed by atoms with van der Waals surface area (Å²) in [5.74, 6) is 0.136. The van der Waals surface area contributed by atoms with Gasteiger partial charge in [-0.15, -0.1) is 0 Å². The van der Waals surface area contributed by atoms with E-state index in [4.69, 9.17) is 0 Å². The normalized spacial score (nSPS) is 11.3. The Morgan fingerprint density at radius 3 is 2.32 bits per heavy atom. The molecule has 1 aromatic heterocycles. The van der Waals surface area contributed by atoms with Crippen LogP contribution in [-0.2, 0) is 10.0 Å². The van der Waals surface area contributed by atoms with Gasteiger partial charge in [-0.3, -0.25) is 9.52 Å². The quantitative estimate of drug-likeness (QED) is 0.661. The monoisotopic (exact) mass is 393 g/mol. The average molecular weight is 393 g/mol. The summed E-state index contributed by atoms with van der Waals surface area (Å²) in [6.45, 7) is 1.84. The number of nitrogens with zero attached hydrogens (tertiary/aromatic N) is 1. The average Bonchev–Trinajstić information content (AvgIpc) is 2.67. The van der Waals surface area contributed by atoms with Crippen molar-refractivity contribution in [3.05, 3.63) is 95.0 Å². The zero-order valence-corrected chi connectivity index (χ0v) is 16.0. The van der Waals surface area contributed by atoms with Gasteiger partial charge >= 0.3 is 0 Å². The van der Waals surface area contributed by atoms with Gasteiger partial charge in [0.2, 0.25) is 0 Å². The first kappa shape index (κ1) is 19.3. The Morgan fingerprint density at radius 1 is 0.929 bits per heavy atom. The van der Waals surface area contributed by atoms with Crippen molar-refractivity contribution in [1.82, 2.24) is 4.98 Å². The molecule has 0 spiro atoms. The predicted octanol–water partition coefficient (Wildman–Crippen LogP) is 4.05. The maximum atomic E-state index is 12.3. The van der Waals surface area contributed by atoms with Gasteiger partial charge in [-0.2, -0.15) is 0 Å². The number of amides is 1. The Labute approximate surface area is 164 Å². The third-order valence-electron chi connectivity index (χ3n) is 3.78. The van der Waals surface area contributed by atoms with E-state index >= 15 is 0 Å². The van der Waals surface area contributed by atoms with Gasteiger partial charge in [0.15, 0.2) is 0 Å². The summed E-state index contributed by atoms with van der Waals surface area (Å²) in [6.07, 6.45) is 1.51. The summed E-state index contributed by atoms with van der Waals surface area (Å²) in [6, 6.07) is 20.6. The number of nitrogens with one attached hydrogen (secondary N) is 2. The zero-order chi connectivity index (χ0) is 20.0. The van der Waals surface area contributed by atoms with Gasteiger partial charge in [-0.05, 0) is 55.0 Å². The lowest BCUT2D eigenvalue weighted by atomic mass is 10.2. The first-order valence-electron chi connectivity index (χ1n) is 8.52. The van der Waals surface area contributed by atoms with Crippen LogP contribution in [0.25, 0.3) is 6.08 Å². The fourth-order valence-electron chi connectivity index (χ4n) is 2.42. The number of hydrogen-bond acceptors (Lipinski definition) is 4. The van der Waals surface area contributed by atoms with Crippen molar-refractivity contribution in [2.24, 2.45) is 0 Å². The molecule has 0 atom stereocenters. The van der Waals surface area contributed by atoms with Crippen LogP contribution in [-0.4, -0.2) is 19.3 Å². The second kappa shape index (κ2) is 8.49. The Kier molecular flexibility index (Phi) is 5.86. The first-order valence-corrected chi connectivity index (χ1v) is 10.1. The Bertz CT molecular complexity index is 1090. The summed E-state index contributed by atoms with van der Waals surface area (Å²) in [5.41, 5.74) is 2.34. The first-order chi connectivity index (χ1) is 13.4. The molecule has 0 aliphatic rings. The Balaban J connectivity index is 1.65. The highest BCUT2D eigenvalue weighted by Gasteiger charge is 2.09. The van der Waals surface area contributed by atoms with E-state index in [9.17, 15) is 13.2 Å². The van der Waals surface area contributed by atoms with Gasteiger partial charge in [0.1, 0.15) is 5.82 Å². The summed E-state index contributed by atoms with van der Waals surface area (Å²) in [7, 11) is -3.66. The molecule has 2 N–H and O–H groups in total. The number of sulfonamides is 1. The van der Waals surface area contributed by atoms with Crippen LogP contribution in [0.1, 0.15) is 21.6 Å². The smallest absolute Gasteiger partial charge is 0.256 e. The molecule has 0 saturated heterocycles. The molecular formula is C21H19N3O3S. The number of rotatable bonds is 6. The van der Waals surface area contributed by atoms with Crippen molar-refractivity contribution in [1.29, 1.82) is 0 Å². The molecule has 0 bridgehead atoms. The summed E-state index contributed by atoms with van der Waals surface area (Å²) in [5, 5.41) is 3.81. The third kappa shape index (κ3) is 5.52. The standard InChI is InChI=1S/C21H19N3O3S/c1-16-6-5-9-20(22-16)23-21(25)18-10-12-19(13-11-18)24-28(26,27)15-14-17-7-3-2-4-8-17/h2-15,24H,1H3,(H,22,23,25)/b15-14+. The van der Waals surface area contributed by atoms with Gasteiger partial charge in [-0.25, -0.2) is 13.4 Å². The van der Waals surface area contributed by atoms with Crippen molar-refractivity contribution in [2.75, 3.05) is 10.0 Å². The van der Waals surface area contributed by atoms with Crippen LogP contribution in [0.3, 0.4) is 0 Å². The second-order valence-electron chi connectivity index (χ2n) is 6.06. The van der Waals surface area contributed by atoms with Gasteiger partial charge < -0.3 is 5.32 Å². The molecule has 1 amide bonds. The van der Waals surface area contributed by atoms with Crippen LogP contribution in [0.5, 0.6) is 0 Å². The highest BCUT2D eigenvalue weighted by atomic mass is 32.2. The number of benzene rings is 2. The lowest BCUT2D eigenvalue weighted by Gasteiger charge is -2.07. The maximum Gasteiger partial charge on any atom is 0.256 e. The van der Waals surface area contributed by atoms with E-state index in [1.54, 1.807) is 24.3 Å². The minimum absolute atomic E-state index is 0.323. The number of pyridine rings is 1. The maximum absolute atomic E-state index is 12.3. The van der Waals surface area contributed by atoms with Crippen LogP contribution in [0.15, 0.2) is 78.2 Å². The molecule has 0 fully saturated rings. The largest absolute Gasteiger partial charge is 0.307 e. The molecule has 2 aromatic carbocycles. The van der Waals surface area contributed by atoms with Crippen molar-refractivity contribution in [3.63, 3.8) is 0 Å². The zero-order valence-electron chi connectivity index (χ0n) is 15.2. The molecule has 0 radical (unpaired) electrons. The number of hydrogen-bond donors (Lipinski definition) is 2. The molecular weight excluding hydrogens is 374 g/mol. The van der Waals surface area contributed by atoms with Crippen molar-refractivity contribution < 1.29 is 13.2 Å².